The summed E-state index contributed by atoms with van der Waals surface area (Å²) in [5, 5.41) is 3.24. The van der Waals surface area contributed by atoms with Gasteiger partial charge in [-0.15, -0.1) is 0 Å². The van der Waals surface area contributed by atoms with E-state index in [0.717, 1.165) is 16.0 Å². The van der Waals surface area contributed by atoms with E-state index in [2.05, 4.69) is 37.3 Å². The van der Waals surface area contributed by atoms with Crippen LogP contribution in [0.1, 0.15) is 11.1 Å². The second-order valence-corrected chi connectivity index (χ2v) is 3.80. The zero-order valence-electron chi connectivity index (χ0n) is 7.76. The van der Waals surface area contributed by atoms with E-state index in [4.69, 9.17) is 11.6 Å². The van der Waals surface area contributed by atoms with Gasteiger partial charge in [0.1, 0.15) is 0 Å². The van der Waals surface area contributed by atoms with Crippen LogP contribution in [-0.2, 0) is 0 Å². The quantitative estimate of drug-likeness (QED) is 0.587. The van der Waals surface area contributed by atoms with Gasteiger partial charge in [0.25, 0.3) is 0 Å². The molecule has 1 heteroatoms. The van der Waals surface area contributed by atoms with Crippen LogP contribution in [0, 0.1) is 13.8 Å². The van der Waals surface area contributed by atoms with Crippen LogP contribution in [0.3, 0.4) is 0 Å². The van der Waals surface area contributed by atoms with Gasteiger partial charge in [0, 0.05) is 5.39 Å². The fourth-order valence-corrected chi connectivity index (χ4v) is 1.76. The van der Waals surface area contributed by atoms with Crippen LogP contribution >= 0.6 is 11.6 Å². The van der Waals surface area contributed by atoms with Crippen molar-refractivity contribution in [1.82, 2.24) is 0 Å². The molecule has 0 bridgehead atoms. The van der Waals surface area contributed by atoms with E-state index in [-0.39, 0.29) is 0 Å². The topological polar surface area (TPSA) is 0 Å². The van der Waals surface area contributed by atoms with E-state index < -0.39 is 0 Å². The molecule has 0 fully saturated rings. The Balaban J connectivity index is 2.87. The molecule has 0 heterocycles. The molecule has 2 aromatic carbocycles. The first-order chi connectivity index (χ1) is 6.18. The van der Waals surface area contributed by atoms with Crippen molar-refractivity contribution in [2.75, 3.05) is 0 Å². The average molecular weight is 191 g/mol. The highest BCUT2D eigenvalue weighted by Gasteiger charge is 2.01. The molecule has 2 aromatic rings. The fraction of sp³-hybridized carbons (Fsp3) is 0.167. The van der Waals surface area contributed by atoms with Gasteiger partial charge in [-0.25, -0.2) is 0 Å². The van der Waals surface area contributed by atoms with E-state index in [1.54, 1.807) is 0 Å². The zero-order valence-corrected chi connectivity index (χ0v) is 8.52. The van der Waals surface area contributed by atoms with Crippen LogP contribution in [0.15, 0.2) is 30.3 Å². The number of hydrogen-bond donors (Lipinski definition) is 0. The Kier molecular flexibility index (Phi) is 2.01. The van der Waals surface area contributed by atoms with E-state index >= 15 is 0 Å². The molecule has 0 aliphatic heterocycles. The van der Waals surface area contributed by atoms with Crippen LogP contribution in [0.5, 0.6) is 0 Å². The largest absolute Gasteiger partial charge is 0.0834 e. The molecule has 0 atom stereocenters. The van der Waals surface area contributed by atoms with Gasteiger partial charge < -0.3 is 0 Å². The number of rotatable bonds is 0. The normalized spacial score (nSPS) is 10.7. The first-order valence-corrected chi connectivity index (χ1v) is 4.72. The summed E-state index contributed by atoms with van der Waals surface area (Å²) in [7, 11) is 0. The summed E-state index contributed by atoms with van der Waals surface area (Å²) in [5.41, 5.74) is 2.41. The van der Waals surface area contributed by atoms with E-state index in [0.29, 0.717) is 0 Å². The second kappa shape index (κ2) is 3.04. The fourth-order valence-electron chi connectivity index (χ4n) is 1.52. The molecule has 0 saturated heterocycles. The van der Waals surface area contributed by atoms with Gasteiger partial charge in [0.15, 0.2) is 0 Å². The van der Waals surface area contributed by atoms with Crippen molar-refractivity contribution in [3.8, 4) is 0 Å². The molecule has 0 saturated carbocycles. The molecule has 0 aliphatic carbocycles. The summed E-state index contributed by atoms with van der Waals surface area (Å²) in [4.78, 5) is 0. The summed E-state index contributed by atoms with van der Waals surface area (Å²) < 4.78 is 0. The van der Waals surface area contributed by atoms with Crippen LogP contribution in [0.25, 0.3) is 10.8 Å². The minimum absolute atomic E-state index is 0.873. The molecule has 0 aromatic heterocycles. The van der Waals surface area contributed by atoms with Crippen molar-refractivity contribution in [3.05, 3.63) is 46.5 Å². The van der Waals surface area contributed by atoms with E-state index in [1.165, 1.54) is 10.9 Å². The van der Waals surface area contributed by atoms with Crippen LogP contribution in [0.4, 0.5) is 0 Å². The summed E-state index contributed by atoms with van der Waals surface area (Å²) in [5.74, 6) is 0. The molecule has 2 rings (SSSR count). The maximum atomic E-state index is 6.18. The summed E-state index contributed by atoms with van der Waals surface area (Å²) in [6, 6.07) is 10.5. The van der Waals surface area contributed by atoms with Crippen molar-refractivity contribution < 1.29 is 0 Å². The number of benzene rings is 2. The predicted molar refractivity (Wildman–Crippen MR) is 58.4 cm³/mol. The Morgan fingerprint density at radius 1 is 1.00 bits per heavy atom. The highest BCUT2D eigenvalue weighted by atomic mass is 35.5. The van der Waals surface area contributed by atoms with Crippen molar-refractivity contribution >= 4 is 22.4 Å². The minimum Gasteiger partial charge on any atom is -0.0834 e. The van der Waals surface area contributed by atoms with Gasteiger partial charge in [-0.2, -0.15) is 0 Å². The van der Waals surface area contributed by atoms with Crippen LogP contribution in [-0.4, -0.2) is 0 Å². The molecule has 0 N–H and O–H groups in total. The zero-order chi connectivity index (χ0) is 9.42. The molecule has 13 heavy (non-hydrogen) atoms. The summed E-state index contributed by atoms with van der Waals surface area (Å²) in [6.45, 7) is 4.12. The van der Waals surface area contributed by atoms with Gasteiger partial charge in [0.2, 0.25) is 0 Å². The van der Waals surface area contributed by atoms with Gasteiger partial charge in [-0.1, -0.05) is 47.5 Å². The van der Waals surface area contributed by atoms with Gasteiger partial charge in [-0.05, 0) is 24.8 Å². The first-order valence-electron chi connectivity index (χ1n) is 4.34. The third-order valence-corrected chi connectivity index (χ3v) is 2.80. The summed E-state index contributed by atoms with van der Waals surface area (Å²) in [6.07, 6.45) is 0. The lowest BCUT2D eigenvalue weighted by molar-refractivity contribution is 1.47. The molecule has 0 amide bonds. The lowest BCUT2D eigenvalue weighted by atomic mass is 10.1. The van der Waals surface area contributed by atoms with Crippen LogP contribution in [0.2, 0.25) is 5.02 Å². The lowest BCUT2D eigenvalue weighted by Crippen LogP contribution is -1.80. The maximum absolute atomic E-state index is 6.18. The lowest BCUT2D eigenvalue weighted by Gasteiger charge is -2.04. The summed E-state index contributed by atoms with van der Waals surface area (Å²) >= 11 is 6.18. The number of aryl methyl sites for hydroxylation is 2. The highest BCUT2D eigenvalue weighted by molar-refractivity contribution is 6.36. The molecule has 0 radical (unpaired) electrons. The Labute approximate surface area is 83.1 Å². The average Bonchev–Trinajstić information content (AvgIpc) is 2.12. The Hall–Kier alpha value is -1.01. The van der Waals surface area contributed by atoms with Gasteiger partial charge in [-0.3, -0.25) is 0 Å². The first kappa shape index (κ1) is 8.58. The Morgan fingerprint density at radius 3 is 2.54 bits per heavy atom. The van der Waals surface area contributed by atoms with Crippen molar-refractivity contribution in [2.24, 2.45) is 0 Å². The molecule has 66 valence electrons. The number of fused-ring (bicyclic) bond motifs is 1. The maximum Gasteiger partial charge on any atom is 0.0513 e. The third-order valence-electron chi connectivity index (χ3n) is 2.30. The van der Waals surface area contributed by atoms with Crippen LogP contribution < -0.4 is 0 Å². The van der Waals surface area contributed by atoms with E-state index in [9.17, 15) is 0 Å². The standard InChI is InChI=1S/C12H11Cl/c1-8-3-6-11-10(7-8)5-4-9(2)12(11)13/h3-7H,1-2H3. The van der Waals surface area contributed by atoms with Crippen molar-refractivity contribution in [1.29, 1.82) is 0 Å². The minimum atomic E-state index is 0.873. The van der Waals surface area contributed by atoms with Crippen molar-refractivity contribution in [3.63, 3.8) is 0 Å². The monoisotopic (exact) mass is 190 g/mol. The Morgan fingerprint density at radius 2 is 1.77 bits per heavy atom. The third kappa shape index (κ3) is 1.42. The number of halogens is 1. The second-order valence-electron chi connectivity index (χ2n) is 3.42. The van der Waals surface area contributed by atoms with E-state index in [1.807, 2.05) is 6.92 Å². The highest BCUT2D eigenvalue weighted by Crippen LogP contribution is 2.27. The molecule has 0 unspecified atom stereocenters. The molecule has 0 spiro atoms. The molecular weight excluding hydrogens is 180 g/mol. The molecule has 0 nitrogen and oxygen atoms in total. The van der Waals surface area contributed by atoms with Crippen molar-refractivity contribution in [2.45, 2.75) is 13.8 Å². The molecular formula is C12H11Cl. The van der Waals surface area contributed by atoms with Gasteiger partial charge in [0.05, 0.1) is 5.02 Å². The van der Waals surface area contributed by atoms with Gasteiger partial charge >= 0.3 is 0 Å². The molecule has 0 aliphatic rings. The SMILES string of the molecule is Cc1ccc2c(Cl)c(C)ccc2c1. The number of hydrogen-bond acceptors (Lipinski definition) is 0. The smallest absolute Gasteiger partial charge is 0.0513 e. The Bertz CT molecular complexity index is 458. The predicted octanol–water partition coefficient (Wildman–Crippen LogP) is 4.11.